The number of anilines is 1. The molecule has 1 aliphatic heterocycles. The minimum absolute atomic E-state index is 0.0952. The summed E-state index contributed by atoms with van der Waals surface area (Å²) in [7, 11) is 0. The van der Waals surface area contributed by atoms with Crippen LogP contribution in [0.3, 0.4) is 0 Å². The van der Waals surface area contributed by atoms with Crippen molar-refractivity contribution in [1.29, 1.82) is 0 Å². The first-order chi connectivity index (χ1) is 15.2. The van der Waals surface area contributed by atoms with Gasteiger partial charge in [-0.2, -0.15) is 0 Å². The zero-order valence-corrected chi connectivity index (χ0v) is 19.6. The predicted molar refractivity (Wildman–Crippen MR) is 122 cm³/mol. The van der Waals surface area contributed by atoms with Crippen molar-refractivity contribution >= 4 is 35.1 Å². The van der Waals surface area contributed by atoms with E-state index in [1.165, 1.54) is 4.90 Å². The van der Waals surface area contributed by atoms with Crippen molar-refractivity contribution < 1.29 is 24.2 Å². The summed E-state index contributed by atoms with van der Waals surface area (Å²) >= 11 is 6.23. The summed E-state index contributed by atoms with van der Waals surface area (Å²) in [6.07, 6.45) is 3.73. The molecule has 8 heteroatoms. The minimum Gasteiger partial charge on any atom is -0.466 e. The van der Waals surface area contributed by atoms with Gasteiger partial charge in [-0.3, -0.25) is 14.4 Å². The molecule has 1 aliphatic carbocycles. The van der Waals surface area contributed by atoms with Gasteiger partial charge in [0, 0.05) is 5.92 Å². The second-order valence-electron chi connectivity index (χ2n) is 8.78. The van der Waals surface area contributed by atoms with Crippen molar-refractivity contribution in [1.82, 2.24) is 4.90 Å². The number of carbonyl (C=O) groups excluding carboxylic acids is 3. The van der Waals surface area contributed by atoms with E-state index in [1.54, 1.807) is 31.2 Å². The SMILES string of the molecule is CCOC(=O)[C@H]1[C@H]2C(=O)N([C@@H](CO)C(C)C)[C@H](C(=O)Nc3ccccc3Cl)[C@H]2C=C[C@H]1C. The Labute approximate surface area is 193 Å². The van der Waals surface area contributed by atoms with Crippen molar-refractivity contribution in [3.8, 4) is 0 Å². The third-order valence-corrected chi connectivity index (χ3v) is 6.81. The van der Waals surface area contributed by atoms with Crippen LogP contribution in [0.25, 0.3) is 0 Å². The lowest BCUT2D eigenvalue weighted by Crippen LogP contribution is -2.52. The normalized spacial score (nSPS) is 27.9. The maximum Gasteiger partial charge on any atom is 0.310 e. The van der Waals surface area contributed by atoms with Gasteiger partial charge in [0.15, 0.2) is 0 Å². The highest BCUT2D eigenvalue weighted by molar-refractivity contribution is 6.33. The van der Waals surface area contributed by atoms with E-state index in [2.05, 4.69) is 5.32 Å². The number of hydrogen-bond acceptors (Lipinski definition) is 5. The molecule has 2 aliphatic rings. The standard InChI is InChI=1S/C24H31ClN2O5/c1-5-32-24(31)19-14(4)10-11-15-20(19)23(30)27(18(12-28)13(2)3)21(15)22(29)26-17-9-7-6-8-16(17)25/h6-11,13-15,18-21,28H,5,12H2,1-4H3,(H,26,29)/t14-,15+,18+,19-,20+,21+/m1/s1. The summed E-state index contributed by atoms with van der Waals surface area (Å²) in [5.74, 6) is -3.40. The van der Waals surface area contributed by atoms with E-state index in [1.807, 2.05) is 32.9 Å². The molecule has 0 bridgehead atoms. The third-order valence-electron chi connectivity index (χ3n) is 6.48. The Morgan fingerprint density at radius 3 is 2.53 bits per heavy atom. The lowest BCUT2D eigenvalue weighted by Gasteiger charge is -2.35. The lowest BCUT2D eigenvalue weighted by atomic mass is 9.70. The molecular formula is C24H31ClN2O5. The Morgan fingerprint density at radius 2 is 1.94 bits per heavy atom. The molecule has 174 valence electrons. The first kappa shape index (κ1) is 24.3. The second kappa shape index (κ2) is 10.0. The van der Waals surface area contributed by atoms with Crippen LogP contribution in [0, 0.1) is 29.6 Å². The fourth-order valence-electron chi connectivity index (χ4n) is 4.88. The molecule has 2 amide bonds. The summed E-state index contributed by atoms with van der Waals surface area (Å²) in [4.78, 5) is 41.5. The molecule has 0 unspecified atom stereocenters. The molecule has 0 saturated carbocycles. The summed E-state index contributed by atoms with van der Waals surface area (Å²) in [5, 5.41) is 13.3. The molecule has 1 heterocycles. The number of ether oxygens (including phenoxy) is 1. The molecule has 3 rings (SSSR count). The number of nitrogens with one attached hydrogen (secondary N) is 1. The molecule has 32 heavy (non-hydrogen) atoms. The van der Waals surface area contributed by atoms with Gasteiger partial charge in [-0.05, 0) is 30.9 Å². The molecule has 1 aromatic carbocycles. The Hall–Kier alpha value is -2.38. The van der Waals surface area contributed by atoms with E-state index in [4.69, 9.17) is 16.3 Å². The number of allylic oxidation sites excluding steroid dienone is 1. The van der Waals surface area contributed by atoms with E-state index >= 15 is 0 Å². The van der Waals surface area contributed by atoms with Crippen molar-refractivity contribution in [3.63, 3.8) is 0 Å². The molecule has 0 aromatic heterocycles. The van der Waals surface area contributed by atoms with E-state index in [0.717, 1.165) is 0 Å². The lowest BCUT2D eigenvalue weighted by molar-refractivity contribution is -0.156. The average molecular weight is 463 g/mol. The first-order valence-corrected chi connectivity index (χ1v) is 11.4. The molecule has 7 nitrogen and oxygen atoms in total. The summed E-state index contributed by atoms with van der Waals surface area (Å²) in [5.41, 5.74) is 0.440. The molecule has 2 N–H and O–H groups in total. The van der Waals surface area contributed by atoms with Crippen LogP contribution in [-0.4, -0.2) is 53.1 Å². The van der Waals surface area contributed by atoms with Gasteiger partial charge >= 0.3 is 5.97 Å². The minimum atomic E-state index is -0.885. The van der Waals surface area contributed by atoms with Crippen LogP contribution >= 0.6 is 11.6 Å². The van der Waals surface area contributed by atoms with Gasteiger partial charge < -0.3 is 20.1 Å². The number of halogens is 1. The first-order valence-electron chi connectivity index (χ1n) is 11.1. The Kier molecular flexibility index (Phi) is 7.62. The smallest absolute Gasteiger partial charge is 0.310 e. The maximum absolute atomic E-state index is 13.7. The fraction of sp³-hybridized carbons (Fsp3) is 0.542. The number of aliphatic hydroxyl groups is 1. The topological polar surface area (TPSA) is 95.9 Å². The van der Waals surface area contributed by atoms with Gasteiger partial charge in [-0.25, -0.2) is 0 Å². The van der Waals surface area contributed by atoms with Gasteiger partial charge in [0.25, 0.3) is 0 Å². The molecule has 1 aromatic rings. The van der Waals surface area contributed by atoms with Crippen molar-refractivity contribution in [3.05, 3.63) is 41.4 Å². The summed E-state index contributed by atoms with van der Waals surface area (Å²) in [6, 6.07) is 5.41. The average Bonchev–Trinajstić information content (AvgIpc) is 3.02. The number of likely N-dealkylation sites (tertiary alicyclic amines) is 1. The highest BCUT2D eigenvalue weighted by Gasteiger charge is 2.58. The number of rotatable bonds is 7. The largest absolute Gasteiger partial charge is 0.466 e. The van der Waals surface area contributed by atoms with Gasteiger partial charge in [0.1, 0.15) is 6.04 Å². The van der Waals surface area contributed by atoms with Crippen LogP contribution in [0.1, 0.15) is 27.7 Å². The highest BCUT2D eigenvalue weighted by atomic mass is 35.5. The van der Waals surface area contributed by atoms with Crippen LogP contribution in [-0.2, 0) is 19.1 Å². The van der Waals surface area contributed by atoms with Gasteiger partial charge in [-0.1, -0.05) is 56.7 Å². The molecule has 0 radical (unpaired) electrons. The van der Waals surface area contributed by atoms with Crippen LogP contribution in [0.15, 0.2) is 36.4 Å². The van der Waals surface area contributed by atoms with Crippen molar-refractivity contribution in [2.75, 3.05) is 18.5 Å². The van der Waals surface area contributed by atoms with E-state index < -0.39 is 41.7 Å². The molecule has 1 fully saturated rings. The third kappa shape index (κ3) is 4.41. The van der Waals surface area contributed by atoms with E-state index in [9.17, 15) is 19.5 Å². The van der Waals surface area contributed by atoms with Crippen LogP contribution in [0.4, 0.5) is 5.69 Å². The number of para-hydroxylation sites is 1. The fourth-order valence-corrected chi connectivity index (χ4v) is 5.07. The summed E-state index contributed by atoms with van der Waals surface area (Å²) in [6.45, 7) is 7.29. The molecule has 6 atom stereocenters. The Morgan fingerprint density at radius 1 is 1.25 bits per heavy atom. The van der Waals surface area contributed by atoms with Gasteiger partial charge in [0.05, 0.1) is 41.8 Å². The van der Waals surface area contributed by atoms with E-state index in [0.29, 0.717) is 10.7 Å². The maximum atomic E-state index is 13.7. The Balaban J connectivity index is 2.04. The number of amides is 2. The number of fused-ring (bicyclic) bond motifs is 1. The van der Waals surface area contributed by atoms with Crippen LogP contribution < -0.4 is 5.32 Å². The molecule has 0 spiro atoms. The zero-order valence-electron chi connectivity index (χ0n) is 18.8. The van der Waals surface area contributed by atoms with Crippen LogP contribution in [0.5, 0.6) is 0 Å². The summed E-state index contributed by atoms with van der Waals surface area (Å²) < 4.78 is 5.27. The predicted octanol–water partition coefficient (Wildman–Crippen LogP) is 3.12. The quantitative estimate of drug-likeness (QED) is 0.479. The number of aliphatic hydroxyl groups excluding tert-OH is 1. The number of nitrogens with zero attached hydrogens (tertiary/aromatic N) is 1. The monoisotopic (exact) mass is 462 g/mol. The number of benzene rings is 1. The number of carbonyl (C=O) groups is 3. The molecule has 1 saturated heterocycles. The van der Waals surface area contributed by atoms with E-state index in [-0.39, 0.29) is 31.0 Å². The van der Waals surface area contributed by atoms with Gasteiger partial charge in [0.2, 0.25) is 11.8 Å². The second-order valence-corrected chi connectivity index (χ2v) is 9.19. The highest BCUT2D eigenvalue weighted by Crippen LogP contribution is 2.46. The van der Waals surface area contributed by atoms with Crippen molar-refractivity contribution in [2.45, 2.75) is 39.8 Å². The molecular weight excluding hydrogens is 432 g/mol. The van der Waals surface area contributed by atoms with Crippen molar-refractivity contribution in [2.24, 2.45) is 29.6 Å². The van der Waals surface area contributed by atoms with Gasteiger partial charge in [-0.15, -0.1) is 0 Å². The number of hydrogen-bond donors (Lipinski definition) is 2. The zero-order chi connectivity index (χ0) is 23.6. The number of esters is 1. The van der Waals surface area contributed by atoms with Crippen LogP contribution in [0.2, 0.25) is 5.02 Å². The Bertz CT molecular complexity index is 902.